The van der Waals surface area contributed by atoms with Crippen molar-refractivity contribution in [3.63, 3.8) is 0 Å². The topological polar surface area (TPSA) is 83.2 Å². The van der Waals surface area contributed by atoms with Crippen molar-refractivity contribution in [3.8, 4) is 28.0 Å². The molecule has 0 fully saturated rings. The fourth-order valence-corrected chi connectivity index (χ4v) is 3.73. The molecule has 2 heterocycles. The summed E-state index contributed by atoms with van der Waals surface area (Å²) in [4.78, 5) is 16.8. The smallest absolute Gasteiger partial charge is 0.163 e. The van der Waals surface area contributed by atoms with Gasteiger partial charge in [-0.3, -0.25) is 4.79 Å². The van der Waals surface area contributed by atoms with Crippen molar-refractivity contribution in [3.05, 3.63) is 64.3 Å². The van der Waals surface area contributed by atoms with Crippen LogP contribution >= 0.6 is 11.3 Å². The first-order valence-electron chi connectivity index (χ1n) is 8.46. The number of rotatable bonds is 6. The number of carbonyl (C=O) groups is 1. The van der Waals surface area contributed by atoms with Gasteiger partial charge < -0.3 is 9.84 Å². The number of hydrogen-bond acceptors (Lipinski definition) is 6. The van der Waals surface area contributed by atoms with Crippen LogP contribution in [0.5, 0.6) is 11.5 Å². The number of pyridine rings is 1. The molecule has 0 saturated carbocycles. The molecule has 6 heteroatoms. The first kappa shape index (κ1) is 18.6. The Labute approximate surface area is 161 Å². The number of hydrogen-bond donors (Lipinski definition) is 1. The number of phenolic OH excluding ortho intramolecular Hbond substituents is 1. The van der Waals surface area contributed by atoms with Gasteiger partial charge in [0.2, 0.25) is 0 Å². The molecule has 0 amide bonds. The predicted molar refractivity (Wildman–Crippen MR) is 104 cm³/mol. The molecule has 1 N–H and O–H groups in total. The van der Waals surface area contributed by atoms with Crippen molar-refractivity contribution in [2.45, 2.75) is 26.9 Å². The standard InChI is InChI=1S/C21H18N2O3S/c1-3-17-19(7-6-18(13(2)24)20(17)25)26-12-15-8-9-27-21(15)14-4-5-16(10-22)23-11-14/h4-9,11,25H,3,12H2,1-2H3. The van der Waals surface area contributed by atoms with Crippen LogP contribution < -0.4 is 4.74 Å². The van der Waals surface area contributed by atoms with Gasteiger partial charge in [-0.25, -0.2) is 4.98 Å². The molecule has 0 radical (unpaired) electrons. The number of aromatic nitrogens is 1. The molecule has 0 spiro atoms. The van der Waals surface area contributed by atoms with E-state index in [1.807, 2.05) is 30.5 Å². The highest BCUT2D eigenvalue weighted by atomic mass is 32.1. The molecule has 27 heavy (non-hydrogen) atoms. The maximum absolute atomic E-state index is 11.6. The van der Waals surface area contributed by atoms with E-state index in [0.29, 0.717) is 35.6 Å². The summed E-state index contributed by atoms with van der Waals surface area (Å²) in [5.41, 5.74) is 3.22. The van der Waals surface area contributed by atoms with Crippen LogP contribution in [-0.4, -0.2) is 15.9 Å². The summed E-state index contributed by atoms with van der Waals surface area (Å²) in [7, 11) is 0. The first-order chi connectivity index (χ1) is 13.0. The van der Waals surface area contributed by atoms with E-state index < -0.39 is 0 Å². The van der Waals surface area contributed by atoms with E-state index in [2.05, 4.69) is 4.98 Å². The average molecular weight is 378 g/mol. The molecule has 0 saturated heterocycles. The highest BCUT2D eigenvalue weighted by molar-refractivity contribution is 7.13. The van der Waals surface area contributed by atoms with Gasteiger partial charge >= 0.3 is 0 Å². The molecule has 2 aromatic heterocycles. The number of Topliss-reactive ketones (excluding diaryl/α,β-unsaturated/α-hetero) is 1. The Balaban J connectivity index is 1.84. The molecule has 0 unspecified atom stereocenters. The lowest BCUT2D eigenvalue weighted by Crippen LogP contribution is -2.02. The van der Waals surface area contributed by atoms with Gasteiger partial charge in [0.1, 0.15) is 29.9 Å². The average Bonchev–Trinajstić information content (AvgIpc) is 3.14. The summed E-state index contributed by atoms with van der Waals surface area (Å²) in [5.74, 6) is 0.377. The highest BCUT2D eigenvalue weighted by Gasteiger charge is 2.16. The molecule has 1 aromatic carbocycles. The minimum Gasteiger partial charge on any atom is -0.507 e. The van der Waals surface area contributed by atoms with Gasteiger partial charge in [0, 0.05) is 27.8 Å². The second-order valence-corrected chi connectivity index (χ2v) is 6.87. The number of ketones is 1. The van der Waals surface area contributed by atoms with Crippen molar-refractivity contribution in [2.75, 3.05) is 0 Å². The van der Waals surface area contributed by atoms with E-state index in [1.54, 1.807) is 35.7 Å². The third-order valence-corrected chi connectivity index (χ3v) is 5.25. The number of nitriles is 1. The maximum Gasteiger partial charge on any atom is 0.163 e. The Bertz CT molecular complexity index is 1020. The molecule has 3 rings (SSSR count). The quantitative estimate of drug-likeness (QED) is 0.627. The van der Waals surface area contributed by atoms with E-state index in [1.165, 1.54) is 6.92 Å². The zero-order chi connectivity index (χ0) is 19.4. The Morgan fingerprint density at radius 2 is 2.11 bits per heavy atom. The number of carbonyl (C=O) groups excluding carboxylic acids is 1. The number of benzene rings is 1. The lowest BCUT2D eigenvalue weighted by molar-refractivity contribution is 0.101. The van der Waals surface area contributed by atoms with E-state index in [9.17, 15) is 9.90 Å². The molecule has 3 aromatic rings. The van der Waals surface area contributed by atoms with E-state index in [4.69, 9.17) is 10.00 Å². The van der Waals surface area contributed by atoms with Crippen LogP contribution in [-0.2, 0) is 13.0 Å². The van der Waals surface area contributed by atoms with E-state index in [-0.39, 0.29) is 11.5 Å². The monoisotopic (exact) mass is 378 g/mol. The highest BCUT2D eigenvalue weighted by Crippen LogP contribution is 2.34. The summed E-state index contributed by atoms with van der Waals surface area (Å²) in [5, 5.41) is 21.2. The molecule has 0 aliphatic rings. The molecule has 0 aliphatic carbocycles. The number of nitrogens with zero attached hydrogens (tertiary/aromatic N) is 2. The van der Waals surface area contributed by atoms with Gasteiger partial charge in [-0.1, -0.05) is 6.92 Å². The lowest BCUT2D eigenvalue weighted by Gasteiger charge is -2.14. The predicted octanol–water partition coefficient (Wildman–Crippen LogP) is 4.73. The van der Waals surface area contributed by atoms with Gasteiger partial charge in [-0.15, -0.1) is 11.3 Å². The molecule has 5 nitrogen and oxygen atoms in total. The van der Waals surface area contributed by atoms with Crippen LogP contribution in [0.1, 0.15) is 41.0 Å². The van der Waals surface area contributed by atoms with Crippen molar-refractivity contribution in [1.29, 1.82) is 5.26 Å². The van der Waals surface area contributed by atoms with Crippen LogP contribution in [0.25, 0.3) is 10.4 Å². The SMILES string of the molecule is CCc1c(OCc2ccsc2-c2ccc(C#N)nc2)ccc(C(C)=O)c1O. The van der Waals surface area contributed by atoms with Crippen molar-refractivity contribution in [2.24, 2.45) is 0 Å². The summed E-state index contributed by atoms with van der Waals surface area (Å²) < 4.78 is 5.96. The fraction of sp³-hybridized carbons (Fsp3) is 0.190. The van der Waals surface area contributed by atoms with Gasteiger partial charge in [0.15, 0.2) is 5.78 Å². The zero-order valence-corrected chi connectivity index (χ0v) is 15.8. The minimum atomic E-state index is -0.179. The Morgan fingerprint density at radius 1 is 1.30 bits per heavy atom. The largest absolute Gasteiger partial charge is 0.507 e. The lowest BCUT2D eigenvalue weighted by atomic mass is 10.0. The molecular weight excluding hydrogens is 360 g/mol. The van der Waals surface area contributed by atoms with Gasteiger partial charge in [-0.05, 0) is 49.1 Å². The van der Waals surface area contributed by atoms with Gasteiger partial charge in [0.25, 0.3) is 0 Å². The zero-order valence-electron chi connectivity index (χ0n) is 15.0. The summed E-state index contributed by atoms with van der Waals surface area (Å²) in [6.07, 6.45) is 2.23. The minimum absolute atomic E-state index is 0.00988. The van der Waals surface area contributed by atoms with Crippen LogP contribution in [0.4, 0.5) is 0 Å². The normalized spacial score (nSPS) is 10.4. The molecule has 0 aliphatic heterocycles. The number of ether oxygens (including phenoxy) is 1. The Morgan fingerprint density at radius 3 is 2.74 bits per heavy atom. The molecule has 0 atom stereocenters. The molecular formula is C21H18N2O3S. The second kappa shape index (κ2) is 8.02. The number of phenols is 1. The Hall–Kier alpha value is -3.17. The number of aromatic hydroxyl groups is 1. The van der Waals surface area contributed by atoms with Crippen molar-refractivity contribution in [1.82, 2.24) is 4.98 Å². The Kier molecular flexibility index (Phi) is 5.53. The maximum atomic E-state index is 11.6. The van der Waals surface area contributed by atoms with Crippen LogP contribution in [0, 0.1) is 11.3 Å². The van der Waals surface area contributed by atoms with Crippen LogP contribution in [0.3, 0.4) is 0 Å². The third kappa shape index (κ3) is 3.83. The number of thiophene rings is 1. The summed E-state index contributed by atoms with van der Waals surface area (Å²) in [6, 6.07) is 10.9. The van der Waals surface area contributed by atoms with E-state index >= 15 is 0 Å². The first-order valence-corrected chi connectivity index (χ1v) is 9.34. The fourth-order valence-electron chi connectivity index (χ4n) is 2.83. The van der Waals surface area contributed by atoms with Crippen molar-refractivity contribution >= 4 is 17.1 Å². The van der Waals surface area contributed by atoms with Gasteiger partial charge in [0.05, 0.1) is 5.56 Å². The van der Waals surface area contributed by atoms with Crippen LogP contribution in [0.15, 0.2) is 41.9 Å². The summed E-state index contributed by atoms with van der Waals surface area (Å²) >= 11 is 1.57. The second-order valence-electron chi connectivity index (χ2n) is 5.96. The van der Waals surface area contributed by atoms with Crippen LogP contribution in [0.2, 0.25) is 0 Å². The summed E-state index contributed by atoms with van der Waals surface area (Å²) in [6.45, 7) is 3.66. The van der Waals surface area contributed by atoms with E-state index in [0.717, 1.165) is 16.0 Å². The third-order valence-electron chi connectivity index (χ3n) is 4.24. The molecule has 136 valence electrons. The van der Waals surface area contributed by atoms with Crippen molar-refractivity contribution < 1.29 is 14.6 Å². The molecule has 0 bridgehead atoms. The van der Waals surface area contributed by atoms with Gasteiger partial charge in [-0.2, -0.15) is 5.26 Å².